The average molecular weight is 317 g/mol. The number of carbonyl (C=O) groups is 1. The third kappa shape index (κ3) is 3.32. The largest absolute Gasteiger partial charge is 0.465 e. The van der Waals surface area contributed by atoms with E-state index in [-0.39, 0.29) is 0 Å². The van der Waals surface area contributed by atoms with Crippen molar-refractivity contribution < 1.29 is 14.6 Å². The number of rotatable bonds is 5. The van der Waals surface area contributed by atoms with E-state index in [1.165, 1.54) is 4.90 Å². The monoisotopic (exact) mass is 317 g/mol. The minimum Gasteiger partial charge on any atom is -0.465 e. The summed E-state index contributed by atoms with van der Waals surface area (Å²) in [4.78, 5) is 17.4. The molecule has 1 saturated heterocycles. The molecule has 2 aromatic rings. The molecule has 1 aliphatic heterocycles. The summed E-state index contributed by atoms with van der Waals surface area (Å²) in [5.74, 6) is 1.37. The molecule has 0 bridgehead atoms. The molecule has 1 aliphatic rings. The Morgan fingerprint density at radius 1 is 1.35 bits per heavy atom. The highest BCUT2D eigenvalue weighted by molar-refractivity contribution is 5.76. The highest BCUT2D eigenvalue weighted by atomic mass is 16.5. The van der Waals surface area contributed by atoms with Crippen LogP contribution in [0.5, 0.6) is 0 Å². The Hall–Kier alpha value is -2.08. The number of ether oxygens (including phenoxy) is 1. The van der Waals surface area contributed by atoms with Gasteiger partial charge in [0.05, 0.1) is 17.6 Å². The van der Waals surface area contributed by atoms with Crippen LogP contribution in [-0.2, 0) is 11.3 Å². The van der Waals surface area contributed by atoms with Crippen molar-refractivity contribution in [2.45, 2.75) is 32.2 Å². The second kappa shape index (κ2) is 7.00. The zero-order valence-electron chi connectivity index (χ0n) is 13.4. The van der Waals surface area contributed by atoms with Crippen molar-refractivity contribution >= 4 is 17.1 Å². The van der Waals surface area contributed by atoms with Crippen molar-refractivity contribution in [1.82, 2.24) is 14.5 Å². The number of piperidine rings is 1. The van der Waals surface area contributed by atoms with Gasteiger partial charge >= 0.3 is 6.09 Å². The topological polar surface area (TPSA) is 67.6 Å². The number of benzene rings is 1. The van der Waals surface area contributed by atoms with E-state index in [4.69, 9.17) is 14.8 Å². The van der Waals surface area contributed by atoms with Crippen LogP contribution < -0.4 is 0 Å². The van der Waals surface area contributed by atoms with Crippen LogP contribution in [0.15, 0.2) is 24.3 Å². The van der Waals surface area contributed by atoms with Crippen LogP contribution >= 0.6 is 0 Å². The van der Waals surface area contributed by atoms with Gasteiger partial charge in [-0.25, -0.2) is 9.78 Å². The first-order chi connectivity index (χ1) is 11.2. The molecule has 1 fully saturated rings. The SMILES string of the molecule is CCOCCn1c(C2CCN(C(=O)O)CC2)nc2ccccc21. The summed E-state index contributed by atoms with van der Waals surface area (Å²) < 4.78 is 7.75. The summed E-state index contributed by atoms with van der Waals surface area (Å²) >= 11 is 0. The van der Waals surface area contributed by atoms with E-state index < -0.39 is 6.09 Å². The normalized spacial score (nSPS) is 16.1. The van der Waals surface area contributed by atoms with Gasteiger partial charge in [0.25, 0.3) is 0 Å². The van der Waals surface area contributed by atoms with Crippen molar-refractivity contribution in [3.8, 4) is 0 Å². The Balaban J connectivity index is 1.84. The Kier molecular flexibility index (Phi) is 4.81. The van der Waals surface area contributed by atoms with Crippen molar-refractivity contribution in [3.05, 3.63) is 30.1 Å². The lowest BCUT2D eigenvalue weighted by Crippen LogP contribution is -2.37. The number of amides is 1. The summed E-state index contributed by atoms with van der Waals surface area (Å²) in [6.07, 6.45) is 0.822. The third-order valence-corrected chi connectivity index (χ3v) is 4.48. The fourth-order valence-corrected chi connectivity index (χ4v) is 3.27. The molecule has 2 heterocycles. The van der Waals surface area contributed by atoms with Gasteiger partial charge in [0.1, 0.15) is 5.82 Å². The Morgan fingerprint density at radius 3 is 2.78 bits per heavy atom. The summed E-state index contributed by atoms with van der Waals surface area (Å²) in [6, 6.07) is 8.14. The van der Waals surface area contributed by atoms with Gasteiger partial charge in [0, 0.05) is 32.2 Å². The van der Waals surface area contributed by atoms with E-state index in [1.807, 2.05) is 25.1 Å². The number of hydrogen-bond donors (Lipinski definition) is 1. The molecule has 0 spiro atoms. The fraction of sp³-hybridized carbons (Fsp3) is 0.529. The van der Waals surface area contributed by atoms with Crippen LogP contribution in [0.2, 0.25) is 0 Å². The molecule has 0 atom stereocenters. The first kappa shape index (κ1) is 15.8. The van der Waals surface area contributed by atoms with Gasteiger partial charge in [-0.15, -0.1) is 0 Å². The molecule has 23 heavy (non-hydrogen) atoms. The van der Waals surface area contributed by atoms with E-state index in [2.05, 4.69) is 10.6 Å². The number of imidazole rings is 1. The molecule has 0 aliphatic carbocycles. The highest BCUT2D eigenvalue weighted by Crippen LogP contribution is 2.30. The van der Waals surface area contributed by atoms with Crippen LogP contribution in [0.4, 0.5) is 4.79 Å². The minimum atomic E-state index is -0.826. The average Bonchev–Trinajstić information content (AvgIpc) is 2.94. The first-order valence-electron chi connectivity index (χ1n) is 8.21. The summed E-state index contributed by atoms with van der Waals surface area (Å²) in [5, 5.41) is 9.10. The highest BCUT2D eigenvalue weighted by Gasteiger charge is 2.27. The lowest BCUT2D eigenvalue weighted by Gasteiger charge is -2.30. The van der Waals surface area contributed by atoms with E-state index in [1.54, 1.807) is 0 Å². The standard InChI is InChI=1S/C17H23N3O3/c1-2-23-12-11-20-15-6-4-3-5-14(15)18-16(20)13-7-9-19(10-8-13)17(21)22/h3-6,13H,2,7-12H2,1H3,(H,21,22). The maximum Gasteiger partial charge on any atom is 0.407 e. The van der Waals surface area contributed by atoms with Gasteiger partial charge in [-0.2, -0.15) is 0 Å². The summed E-state index contributed by atoms with van der Waals surface area (Å²) in [6.45, 7) is 5.30. The maximum absolute atomic E-state index is 11.1. The minimum absolute atomic E-state index is 0.305. The molecule has 0 radical (unpaired) electrons. The smallest absolute Gasteiger partial charge is 0.407 e. The van der Waals surface area contributed by atoms with Crippen LogP contribution in [0.1, 0.15) is 31.5 Å². The second-order valence-electron chi connectivity index (χ2n) is 5.85. The lowest BCUT2D eigenvalue weighted by molar-refractivity contribution is 0.129. The molecule has 1 amide bonds. The lowest BCUT2D eigenvalue weighted by atomic mass is 9.96. The molecule has 1 aromatic heterocycles. The number of fused-ring (bicyclic) bond motifs is 1. The number of hydrogen-bond acceptors (Lipinski definition) is 3. The number of aromatic nitrogens is 2. The predicted molar refractivity (Wildman–Crippen MR) is 87.8 cm³/mol. The van der Waals surface area contributed by atoms with Crippen molar-refractivity contribution in [2.24, 2.45) is 0 Å². The van der Waals surface area contributed by atoms with E-state index in [0.717, 1.165) is 36.2 Å². The first-order valence-corrected chi connectivity index (χ1v) is 8.21. The quantitative estimate of drug-likeness (QED) is 0.861. The van der Waals surface area contributed by atoms with E-state index >= 15 is 0 Å². The van der Waals surface area contributed by atoms with Crippen LogP contribution in [0.25, 0.3) is 11.0 Å². The molecular formula is C17H23N3O3. The molecule has 3 rings (SSSR count). The molecule has 0 saturated carbocycles. The molecule has 1 aromatic carbocycles. The zero-order valence-corrected chi connectivity index (χ0v) is 13.4. The van der Waals surface area contributed by atoms with Crippen LogP contribution in [0, 0.1) is 0 Å². The Bertz CT molecular complexity index is 675. The van der Waals surface area contributed by atoms with Crippen molar-refractivity contribution in [2.75, 3.05) is 26.3 Å². The summed E-state index contributed by atoms with van der Waals surface area (Å²) in [7, 11) is 0. The second-order valence-corrected chi connectivity index (χ2v) is 5.85. The fourth-order valence-electron chi connectivity index (χ4n) is 3.27. The van der Waals surface area contributed by atoms with Crippen molar-refractivity contribution in [1.29, 1.82) is 0 Å². The van der Waals surface area contributed by atoms with E-state index in [9.17, 15) is 4.79 Å². The number of nitrogens with zero attached hydrogens (tertiary/aromatic N) is 3. The van der Waals surface area contributed by atoms with Gasteiger partial charge in [0.15, 0.2) is 0 Å². The number of para-hydroxylation sites is 2. The maximum atomic E-state index is 11.1. The van der Waals surface area contributed by atoms with Crippen LogP contribution in [-0.4, -0.2) is 52.0 Å². The van der Waals surface area contributed by atoms with Gasteiger partial charge in [-0.3, -0.25) is 0 Å². The molecule has 124 valence electrons. The van der Waals surface area contributed by atoms with Gasteiger partial charge in [-0.1, -0.05) is 12.1 Å². The Labute approximate surface area is 135 Å². The molecule has 1 N–H and O–H groups in total. The Morgan fingerprint density at radius 2 is 2.09 bits per heavy atom. The van der Waals surface area contributed by atoms with Gasteiger partial charge < -0.3 is 19.3 Å². The number of carboxylic acid groups (broad SMARTS) is 1. The molecule has 6 heteroatoms. The summed E-state index contributed by atoms with van der Waals surface area (Å²) in [5.41, 5.74) is 2.13. The molecular weight excluding hydrogens is 294 g/mol. The molecule has 6 nitrogen and oxygen atoms in total. The van der Waals surface area contributed by atoms with Crippen molar-refractivity contribution in [3.63, 3.8) is 0 Å². The van der Waals surface area contributed by atoms with Gasteiger partial charge in [0.2, 0.25) is 0 Å². The molecule has 0 unspecified atom stereocenters. The van der Waals surface area contributed by atoms with Crippen LogP contribution in [0.3, 0.4) is 0 Å². The zero-order chi connectivity index (χ0) is 16.2. The number of likely N-dealkylation sites (tertiary alicyclic amines) is 1. The van der Waals surface area contributed by atoms with Gasteiger partial charge in [-0.05, 0) is 31.9 Å². The van der Waals surface area contributed by atoms with E-state index in [0.29, 0.717) is 32.2 Å². The predicted octanol–water partition coefficient (Wildman–Crippen LogP) is 2.93. The third-order valence-electron chi connectivity index (χ3n) is 4.48.